The monoisotopic (exact) mass is 442 g/mol. The van der Waals surface area contributed by atoms with Crippen molar-refractivity contribution in [2.75, 3.05) is 33.2 Å². The number of amides is 1. The maximum absolute atomic E-state index is 13.5. The van der Waals surface area contributed by atoms with Crippen molar-refractivity contribution in [3.8, 4) is 5.69 Å². The number of likely N-dealkylation sites (N-methyl/N-ethyl adjacent to an activating group) is 1. The van der Waals surface area contributed by atoms with Crippen molar-refractivity contribution < 1.29 is 4.79 Å². The number of carbonyl (C=O) groups is 1. The van der Waals surface area contributed by atoms with Gasteiger partial charge >= 0.3 is 0 Å². The molecule has 5 rings (SSSR count). The Morgan fingerprint density at radius 3 is 2.39 bits per heavy atom. The molecule has 4 heterocycles. The van der Waals surface area contributed by atoms with Crippen molar-refractivity contribution >= 4 is 22.6 Å². The number of piperazine rings is 1. The van der Waals surface area contributed by atoms with Crippen LogP contribution < -0.4 is 11.0 Å². The normalized spacial score (nSPS) is 14.8. The topological polar surface area (TPSA) is 86.7 Å². The van der Waals surface area contributed by atoms with E-state index in [4.69, 9.17) is 10.4 Å². The molecule has 1 amide bonds. The molecule has 0 atom stereocenters. The van der Waals surface area contributed by atoms with Crippen LogP contribution >= 0.6 is 0 Å². The van der Waals surface area contributed by atoms with Crippen LogP contribution in [0.15, 0.2) is 53.5 Å². The Balaban J connectivity index is 1.83. The summed E-state index contributed by atoms with van der Waals surface area (Å²) >= 11 is 0. The Bertz CT molecular complexity index is 1510. The van der Waals surface area contributed by atoms with Crippen LogP contribution in [0.4, 0.5) is 0 Å². The molecule has 4 aromatic rings. The van der Waals surface area contributed by atoms with Gasteiger partial charge < -0.3 is 9.80 Å². The summed E-state index contributed by atoms with van der Waals surface area (Å²) in [7, 11) is 2.03. The lowest BCUT2D eigenvalue weighted by atomic mass is 10.1. The number of benzene rings is 1. The van der Waals surface area contributed by atoms with Gasteiger partial charge in [-0.1, -0.05) is 23.8 Å². The van der Waals surface area contributed by atoms with Gasteiger partial charge in [-0.2, -0.15) is 0 Å². The van der Waals surface area contributed by atoms with Crippen LogP contribution in [0.1, 0.15) is 21.5 Å². The minimum Gasteiger partial charge on any atom is -0.336 e. The first-order chi connectivity index (χ1) is 15.8. The van der Waals surface area contributed by atoms with Gasteiger partial charge in [0.2, 0.25) is 0 Å². The van der Waals surface area contributed by atoms with Crippen molar-refractivity contribution in [2.24, 2.45) is 0 Å². The van der Waals surface area contributed by atoms with Gasteiger partial charge in [-0.25, -0.2) is 4.98 Å². The average molecular weight is 443 g/mol. The molecule has 1 aromatic carbocycles. The van der Waals surface area contributed by atoms with E-state index >= 15 is 0 Å². The van der Waals surface area contributed by atoms with E-state index in [2.05, 4.69) is 4.90 Å². The number of carbonyl (C=O) groups excluding carboxylic acids is 1. The molecule has 1 aliphatic rings. The van der Waals surface area contributed by atoms with Crippen LogP contribution in [-0.4, -0.2) is 62.9 Å². The quantitative estimate of drug-likeness (QED) is 0.482. The SMILES string of the molecule is Cc1ccc(-n2c(=N)c(C(=O)N3CCN(C)CC3)cc3c(=O)n4cccc(C)c4nc32)cc1. The van der Waals surface area contributed by atoms with Crippen molar-refractivity contribution in [2.45, 2.75) is 13.8 Å². The highest BCUT2D eigenvalue weighted by Crippen LogP contribution is 2.18. The number of rotatable bonds is 2. The predicted octanol–water partition coefficient (Wildman–Crippen LogP) is 2.12. The molecule has 0 spiro atoms. The third-order valence-corrected chi connectivity index (χ3v) is 6.36. The van der Waals surface area contributed by atoms with E-state index in [0.29, 0.717) is 35.5 Å². The minimum atomic E-state index is -0.257. The van der Waals surface area contributed by atoms with Crippen molar-refractivity contribution in [1.29, 1.82) is 5.41 Å². The highest BCUT2D eigenvalue weighted by Gasteiger charge is 2.25. The number of fused-ring (bicyclic) bond motifs is 2. The Morgan fingerprint density at radius 2 is 1.70 bits per heavy atom. The second kappa shape index (κ2) is 7.97. The average Bonchev–Trinajstić information content (AvgIpc) is 2.81. The summed E-state index contributed by atoms with van der Waals surface area (Å²) in [5.41, 5.74) is 3.51. The molecule has 0 aliphatic carbocycles. The second-order valence-corrected chi connectivity index (χ2v) is 8.71. The Kier molecular flexibility index (Phi) is 5.09. The summed E-state index contributed by atoms with van der Waals surface area (Å²) in [6.07, 6.45) is 1.68. The fourth-order valence-electron chi connectivity index (χ4n) is 4.32. The van der Waals surface area contributed by atoms with Crippen molar-refractivity contribution in [3.63, 3.8) is 0 Å². The van der Waals surface area contributed by atoms with E-state index in [9.17, 15) is 9.59 Å². The van der Waals surface area contributed by atoms with Gasteiger partial charge in [-0.05, 0) is 50.7 Å². The molecule has 0 unspecified atom stereocenters. The molecule has 1 fully saturated rings. The molecular formula is C25H26N6O2. The maximum Gasteiger partial charge on any atom is 0.267 e. The minimum absolute atomic E-state index is 0.0279. The number of nitrogens with zero attached hydrogens (tertiary/aromatic N) is 5. The summed E-state index contributed by atoms with van der Waals surface area (Å²) in [5.74, 6) is -0.232. The molecule has 168 valence electrons. The maximum atomic E-state index is 13.5. The lowest BCUT2D eigenvalue weighted by Crippen LogP contribution is -2.48. The van der Waals surface area contributed by atoms with E-state index < -0.39 is 0 Å². The summed E-state index contributed by atoms with van der Waals surface area (Å²) < 4.78 is 3.12. The molecule has 0 saturated carbocycles. The van der Waals surface area contributed by atoms with Crippen LogP contribution in [0.25, 0.3) is 22.4 Å². The van der Waals surface area contributed by atoms with Gasteiger partial charge in [0.25, 0.3) is 11.5 Å². The summed E-state index contributed by atoms with van der Waals surface area (Å²) in [5, 5.41) is 9.31. The molecule has 1 N–H and O–H groups in total. The summed E-state index contributed by atoms with van der Waals surface area (Å²) in [6.45, 7) is 6.62. The Morgan fingerprint density at radius 1 is 1.00 bits per heavy atom. The first kappa shape index (κ1) is 21.1. The van der Waals surface area contributed by atoms with Gasteiger partial charge in [0, 0.05) is 38.1 Å². The van der Waals surface area contributed by atoms with Crippen LogP contribution in [0.3, 0.4) is 0 Å². The molecule has 1 saturated heterocycles. The van der Waals surface area contributed by atoms with E-state index in [0.717, 1.165) is 24.2 Å². The first-order valence-electron chi connectivity index (χ1n) is 11.0. The summed E-state index contributed by atoms with van der Waals surface area (Å²) in [4.78, 5) is 35.7. The number of aryl methyl sites for hydroxylation is 2. The number of hydrogen-bond donors (Lipinski definition) is 1. The molecular weight excluding hydrogens is 416 g/mol. The first-order valence-corrected chi connectivity index (χ1v) is 11.0. The van der Waals surface area contributed by atoms with Crippen molar-refractivity contribution in [1.82, 2.24) is 23.8 Å². The molecule has 8 nitrogen and oxygen atoms in total. The van der Waals surface area contributed by atoms with Crippen LogP contribution in [0.5, 0.6) is 0 Å². The number of aromatic nitrogens is 3. The van der Waals surface area contributed by atoms with Gasteiger partial charge in [0.05, 0.1) is 10.9 Å². The van der Waals surface area contributed by atoms with E-state index in [1.54, 1.807) is 27.8 Å². The van der Waals surface area contributed by atoms with Crippen molar-refractivity contribution in [3.05, 3.63) is 81.2 Å². The molecule has 0 bridgehead atoms. The van der Waals surface area contributed by atoms with Gasteiger partial charge in [-0.15, -0.1) is 0 Å². The lowest BCUT2D eigenvalue weighted by molar-refractivity contribution is 0.0661. The van der Waals surface area contributed by atoms with E-state index in [-0.39, 0.29) is 22.5 Å². The van der Waals surface area contributed by atoms with Crippen LogP contribution in [0, 0.1) is 19.3 Å². The highest BCUT2D eigenvalue weighted by atomic mass is 16.2. The smallest absolute Gasteiger partial charge is 0.267 e. The van der Waals surface area contributed by atoms with Crippen LogP contribution in [-0.2, 0) is 0 Å². The second-order valence-electron chi connectivity index (χ2n) is 8.71. The zero-order chi connectivity index (χ0) is 23.3. The van der Waals surface area contributed by atoms with E-state index in [1.165, 1.54) is 4.40 Å². The molecule has 0 radical (unpaired) electrons. The zero-order valence-corrected chi connectivity index (χ0v) is 19.0. The molecule has 8 heteroatoms. The third kappa shape index (κ3) is 3.52. The van der Waals surface area contributed by atoms with E-state index in [1.807, 2.05) is 51.2 Å². The summed E-state index contributed by atoms with van der Waals surface area (Å²) in [6, 6.07) is 12.9. The standard InChI is InChI=1S/C25H26N6O2/c1-16-6-8-18(9-7-16)31-21(26)19(24(32)29-13-11-28(3)12-14-29)15-20-23(31)27-22-17(2)5-4-10-30(22)25(20)33/h4-10,15,26H,11-14H2,1-3H3. The number of nitrogens with one attached hydrogen (secondary N) is 1. The van der Waals surface area contributed by atoms with Gasteiger partial charge in [-0.3, -0.25) is 24.0 Å². The third-order valence-electron chi connectivity index (χ3n) is 6.36. The largest absolute Gasteiger partial charge is 0.336 e. The molecule has 33 heavy (non-hydrogen) atoms. The number of pyridine rings is 2. The number of hydrogen-bond acceptors (Lipinski definition) is 5. The fourth-order valence-corrected chi connectivity index (χ4v) is 4.32. The fraction of sp³-hybridized carbons (Fsp3) is 0.280. The predicted molar refractivity (Wildman–Crippen MR) is 127 cm³/mol. The zero-order valence-electron chi connectivity index (χ0n) is 19.0. The Hall–Kier alpha value is -3.78. The Labute approximate surface area is 190 Å². The highest BCUT2D eigenvalue weighted by molar-refractivity contribution is 5.97. The lowest BCUT2D eigenvalue weighted by Gasteiger charge is -2.32. The van der Waals surface area contributed by atoms with Gasteiger partial charge in [0.1, 0.15) is 11.1 Å². The van der Waals surface area contributed by atoms with Crippen LogP contribution in [0.2, 0.25) is 0 Å². The molecule has 3 aromatic heterocycles. The molecule has 1 aliphatic heterocycles. The van der Waals surface area contributed by atoms with Gasteiger partial charge in [0.15, 0.2) is 5.65 Å².